The number of alkyl carbamates (subject to hydrolysis) is 1. The first-order chi connectivity index (χ1) is 19.3. The van der Waals surface area contributed by atoms with Gasteiger partial charge in [-0.15, -0.1) is 0 Å². The highest BCUT2D eigenvalue weighted by Gasteiger charge is 2.38. The van der Waals surface area contributed by atoms with Gasteiger partial charge in [-0.3, -0.25) is 14.4 Å². The highest BCUT2D eigenvalue weighted by Crippen LogP contribution is 2.33. The minimum Gasteiger partial charge on any atom is -0.507 e. The number of phenolic OH excluding ortho intramolecular Hbond substituents is 1. The second-order valence-electron chi connectivity index (χ2n) is 10.6. The summed E-state index contributed by atoms with van der Waals surface area (Å²) in [6.07, 6.45) is -1.57. The maximum absolute atomic E-state index is 13.9. The number of anilines is 1. The molecule has 0 spiro atoms. The van der Waals surface area contributed by atoms with Crippen LogP contribution >= 0.6 is 0 Å². The summed E-state index contributed by atoms with van der Waals surface area (Å²) in [5.74, 6) is -2.70. The molecule has 0 aliphatic heterocycles. The van der Waals surface area contributed by atoms with Crippen LogP contribution in [0.4, 0.5) is 10.5 Å². The van der Waals surface area contributed by atoms with E-state index in [4.69, 9.17) is 10.5 Å². The molecule has 2 unspecified atom stereocenters. The van der Waals surface area contributed by atoms with Crippen molar-refractivity contribution in [3.63, 3.8) is 0 Å². The number of ether oxygens (including phenoxy) is 1. The van der Waals surface area contributed by atoms with Gasteiger partial charge in [0.15, 0.2) is 0 Å². The van der Waals surface area contributed by atoms with E-state index in [1.807, 2.05) is 30.3 Å². The average Bonchev–Trinajstić information content (AvgIpc) is 2.88. The van der Waals surface area contributed by atoms with E-state index in [9.17, 15) is 29.4 Å². The number of benzene rings is 3. The Morgan fingerprint density at radius 2 is 1.68 bits per heavy atom. The van der Waals surface area contributed by atoms with Crippen molar-refractivity contribution in [2.45, 2.75) is 51.8 Å². The number of para-hydroxylation sites is 1. The van der Waals surface area contributed by atoms with E-state index in [2.05, 4.69) is 10.6 Å². The Morgan fingerprint density at radius 1 is 1.00 bits per heavy atom. The highest BCUT2D eigenvalue weighted by atomic mass is 16.6. The second-order valence-corrected chi connectivity index (χ2v) is 10.6. The summed E-state index contributed by atoms with van der Waals surface area (Å²) in [6.45, 7) is 5.59. The number of aromatic hydroxyl groups is 1. The zero-order chi connectivity index (χ0) is 30.3. The maximum atomic E-state index is 13.9. The van der Waals surface area contributed by atoms with Crippen LogP contribution < -0.4 is 16.4 Å². The lowest BCUT2D eigenvalue weighted by molar-refractivity contribution is -0.142. The van der Waals surface area contributed by atoms with E-state index >= 15 is 0 Å². The predicted octanol–water partition coefficient (Wildman–Crippen LogP) is 3.12. The molecule has 2 atom stereocenters. The number of nitrogens with two attached hydrogens (primary N) is 1. The van der Waals surface area contributed by atoms with Gasteiger partial charge < -0.3 is 36.2 Å². The summed E-state index contributed by atoms with van der Waals surface area (Å²) in [5.41, 5.74) is 5.44. The third-order valence-electron chi connectivity index (χ3n) is 6.16. The van der Waals surface area contributed by atoms with Crippen molar-refractivity contribution in [3.8, 4) is 5.75 Å². The van der Waals surface area contributed by atoms with E-state index in [-0.39, 0.29) is 17.9 Å². The number of hydrogen-bond acceptors (Lipinski definition) is 7. The Kier molecular flexibility index (Phi) is 9.90. The number of aliphatic hydroxyl groups excluding tert-OH is 1. The number of rotatable bonds is 10. The topological polar surface area (TPSA) is 171 Å². The van der Waals surface area contributed by atoms with Crippen molar-refractivity contribution in [3.05, 3.63) is 71.8 Å². The molecule has 0 aliphatic rings. The van der Waals surface area contributed by atoms with Gasteiger partial charge in [0.05, 0.1) is 13.0 Å². The van der Waals surface area contributed by atoms with E-state index in [0.717, 1.165) is 15.7 Å². The summed E-state index contributed by atoms with van der Waals surface area (Å²) in [7, 11) is 0. The molecule has 0 aliphatic carbocycles. The molecule has 0 radical (unpaired) electrons. The van der Waals surface area contributed by atoms with Crippen LogP contribution in [0.5, 0.6) is 5.75 Å². The molecule has 0 aromatic heterocycles. The van der Waals surface area contributed by atoms with Crippen LogP contribution in [0.15, 0.2) is 60.7 Å². The van der Waals surface area contributed by atoms with Crippen LogP contribution in [-0.2, 0) is 19.1 Å². The molecule has 3 aromatic carbocycles. The molecule has 0 saturated heterocycles. The number of fused-ring (bicyclic) bond motifs is 1. The largest absolute Gasteiger partial charge is 0.507 e. The fourth-order valence-corrected chi connectivity index (χ4v) is 4.36. The molecule has 0 fully saturated rings. The maximum Gasteiger partial charge on any atom is 0.408 e. The molecule has 6 N–H and O–H groups in total. The van der Waals surface area contributed by atoms with Crippen molar-refractivity contribution >= 4 is 40.3 Å². The molecular weight excluding hydrogens is 528 g/mol. The van der Waals surface area contributed by atoms with Crippen LogP contribution in [0.25, 0.3) is 10.8 Å². The number of carbonyl (C=O) groups is 4. The Bertz CT molecular complexity index is 1430. The van der Waals surface area contributed by atoms with Crippen molar-refractivity contribution in [1.29, 1.82) is 0 Å². The first-order valence-corrected chi connectivity index (χ1v) is 13.1. The Labute approximate surface area is 238 Å². The van der Waals surface area contributed by atoms with Crippen LogP contribution in [0.1, 0.15) is 44.4 Å². The Balaban J connectivity index is 2.05. The van der Waals surface area contributed by atoms with Gasteiger partial charge in [-0.1, -0.05) is 48.5 Å². The quantitative estimate of drug-likeness (QED) is 0.252. The van der Waals surface area contributed by atoms with Gasteiger partial charge in [0, 0.05) is 17.8 Å². The lowest BCUT2D eigenvalue weighted by Gasteiger charge is -2.34. The van der Waals surface area contributed by atoms with Crippen LogP contribution in [-0.4, -0.2) is 63.7 Å². The lowest BCUT2D eigenvalue weighted by atomic mass is 9.98. The zero-order valence-corrected chi connectivity index (χ0v) is 23.5. The summed E-state index contributed by atoms with van der Waals surface area (Å²) >= 11 is 0. The van der Waals surface area contributed by atoms with Crippen molar-refractivity contribution in [2.24, 2.45) is 5.73 Å². The smallest absolute Gasteiger partial charge is 0.408 e. The minimum absolute atomic E-state index is 0.0835. The van der Waals surface area contributed by atoms with Crippen LogP contribution in [0.2, 0.25) is 0 Å². The number of amides is 4. The molecule has 0 bridgehead atoms. The van der Waals surface area contributed by atoms with Crippen molar-refractivity contribution in [1.82, 2.24) is 10.2 Å². The minimum atomic E-state index is -1.52. The SMILES string of the molecule is Cc1cccc(C(C(=O)Nc2ccc3ccccc3c2)N(CCO)C(=O)C(CC(N)=O)NC(=O)OC(C)(C)C)c1O. The number of aliphatic hydroxyl groups is 1. The number of primary amides is 1. The molecule has 3 rings (SSSR count). The first kappa shape index (κ1) is 30.9. The van der Waals surface area contributed by atoms with Gasteiger partial charge in [0.25, 0.3) is 5.91 Å². The van der Waals surface area contributed by atoms with Crippen LogP contribution in [0, 0.1) is 6.92 Å². The summed E-state index contributed by atoms with van der Waals surface area (Å²) in [4.78, 5) is 53.2. The highest BCUT2D eigenvalue weighted by molar-refractivity contribution is 6.01. The third kappa shape index (κ3) is 8.18. The number of hydrogen-bond donors (Lipinski definition) is 5. The molecule has 218 valence electrons. The van der Waals surface area contributed by atoms with Gasteiger partial charge in [-0.2, -0.15) is 0 Å². The number of carbonyl (C=O) groups excluding carboxylic acids is 4. The average molecular weight is 565 g/mol. The fraction of sp³-hybridized carbons (Fsp3) is 0.333. The van der Waals surface area contributed by atoms with Gasteiger partial charge in [0.1, 0.15) is 23.4 Å². The number of nitrogens with zero attached hydrogens (tertiary/aromatic N) is 1. The summed E-state index contributed by atoms with van der Waals surface area (Å²) in [6, 6.07) is 14.6. The van der Waals surface area contributed by atoms with Gasteiger partial charge in [-0.25, -0.2) is 4.79 Å². The molecule has 3 aromatic rings. The lowest BCUT2D eigenvalue weighted by Crippen LogP contribution is -2.54. The summed E-state index contributed by atoms with van der Waals surface area (Å²) < 4.78 is 5.24. The monoisotopic (exact) mass is 564 g/mol. The molecule has 11 nitrogen and oxygen atoms in total. The molecule has 11 heteroatoms. The number of phenols is 1. The summed E-state index contributed by atoms with van der Waals surface area (Å²) in [5, 5.41) is 27.8. The van der Waals surface area contributed by atoms with Gasteiger partial charge in [0.2, 0.25) is 11.8 Å². The van der Waals surface area contributed by atoms with Crippen molar-refractivity contribution < 1.29 is 34.1 Å². The van der Waals surface area contributed by atoms with E-state index < -0.39 is 54.5 Å². The Morgan fingerprint density at radius 3 is 2.32 bits per heavy atom. The molecule has 0 saturated carbocycles. The molecule has 0 heterocycles. The predicted molar refractivity (Wildman–Crippen MR) is 154 cm³/mol. The van der Waals surface area contributed by atoms with E-state index in [0.29, 0.717) is 11.3 Å². The first-order valence-electron chi connectivity index (χ1n) is 13.1. The molecular formula is C30H36N4O7. The molecule has 4 amide bonds. The van der Waals surface area contributed by atoms with E-state index in [1.165, 1.54) is 6.07 Å². The van der Waals surface area contributed by atoms with Crippen molar-refractivity contribution in [2.75, 3.05) is 18.5 Å². The molecule has 41 heavy (non-hydrogen) atoms. The van der Waals surface area contributed by atoms with Crippen LogP contribution in [0.3, 0.4) is 0 Å². The van der Waals surface area contributed by atoms with Gasteiger partial charge in [-0.05, 0) is 56.2 Å². The third-order valence-corrected chi connectivity index (χ3v) is 6.16. The van der Waals surface area contributed by atoms with Gasteiger partial charge >= 0.3 is 6.09 Å². The Hall–Kier alpha value is -4.64. The second kappa shape index (κ2) is 13.1. The standard InChI is InChI=1S/C30H36N4O7/c1-18-8-7-11-22(26(18)37)25(27(38)32-21-13-12-19-9-5-6-10-20(19)16-21)34(14-15-35)28(39)23(17-24(31)36)33-29(40)41-30(2,3)4/h5-13,16,23,25,35,37H,14-15,17H2,1-4H3,(H2,31,36)(H,32,38)(H,33,40). The number of aryl methyl sites for hydroxylation is 1. The van der Waals surface area contributed by atoms with E-state index in [1.54, 1.807) is 52.0 Å². The fourth-order valence-electron chi connectivity index (χ4n) is 4.36. The zero-order valence-electron chi connectivity index (χ0n) is 23.5. The number of nitrogens with one attached hydrogen (secondary N) is 2. The normalized spacial score (nSPS) is 12.7.